The lowest BCUT2D eigenvalue weighted by Crippen LogP contribution is -2.45. The number of aromatic nitrogens is 2. The van der Waals surface area contributed by atoms with Crippen LogP contribution in [0.25, 0.3) is 0 Å². The summed E-state index contributed by atoms with van der Waals surface area (Å²) in [5.74, 6) is 0.543. The number of carbonyl (C=O) groups is 2. The summed E-state index contributed by atoms with van der Waals surface area (Å²) in [5, 5.41) is 13.2. The standard InChI is InChI=1S/C20H26N6O2/c1-14-11-18(24-26(14)12-15-5-3-2-4-6-15)23-20(28)25-10-9-17(13-25)22-19(27)21-16-7-8-16/h2-6,11,16-17H,7-10,12-13H2,1H3,(H2,21,22,27)(H,23,24,28). The molecule has 4 rings (SSSR count). The van der Waals surface area contributed by atoms with Crippen LogP contribution in [-0.2, 0) is 6.54 Å². The SMILES string of the molecule is Cc1cc(NC(=O)N2CCC(NC(=O)NC3CC3)C2)nn1Cc1ccccc1. The van der Waals surface area contributed by atoms with Crippen molar-refractivity contribution in [3.8, 4) is 0 Å². The van der Waals surface area contributed by atoms with Crippen LogP contribution in [0.15, 0.2) is 36.4 Å². The zero-order valence-electron chi connectivity index (χ0n) is 16.0. The minimum Gasteiger partial charge on any atom is -0.335 e. The second kappa shape index (κ2) is 7.92. The molecule has 2 aliphatic rings. The lowest BCUT2D eigenvalue weighted by molar-refractivity contribution is 0.219. The van der Waals surface area contributed by atoms with Crippen LogP contribution < -0.4 is 16.0 Å². The summed E-state index contributed by atoms with van der Waals surface area (Å²) in [7, 11) is 0. The number of urea groups is 2. The van der Waals surface area contributed by atoms with Crippen molar-refractivity contribution >= 4 is 17.9 Å². The first kappa shape index (κ1) is 18.3. The van der Waals surface area contributed by atoms with Gasteiger partial charge in [-0.1, -0.05) is 30.3 Å². The van der Waals surface area contributed by atoms with Crippen molar-refractivity contribution in [1.29, 1.82) is 0 Å². The normalized spacial score (nSPS) is 18.8. The number of nitrogens with one attached hydrogen (secondary N) is 3. The quantitative estimate of drug-likeness (QED) is 0.741. The van der Waals surface area contributed by atoms with Crippen LogP contribution in [0.5, 0.6) is 0 Å². The van der Waals surface area contributed by atoms with E-state index in [2.05, 4.69) is 33.2 Å². The zero-order valence-corrected chi connectivity index (χ0v) is 16.0. The van der Waals surface area contributed by atoms with E-state index < -0.39 is 0 Å². The summed E-state index contributed by atoms with van der Waals surface area (Å²) in [6, 6.07) is 12.0. The Balaban J connectivity index is 1.29. The van der Waals surface area contributed by atoms with Gasteiger partial charge in [0, 0.05) is 36.9 Å². The number of benzene rings is 1. The fourth-order valence-corrected chi connectivity index (χ4v) is 3.38. The Morgan fingerprint density at radius 2 is 1.86 bits per heavy atom. The number of hydrogen-bond donors (Lipinski definition) is 3. The van der Waals surface area contributed by atoms with Gasteiger partial charge in [-0.25, -0.2) is 9.59 Å². The summed E-state index contributed by atoms with van der Waals surface area (Å²) in [6.45, 7) is 3.76. The third-order valence-corrected chi connectivity index (χ3v) is 5.11. The average Bonchev–Trinajstić information content (AvgIpc) is 3.24. The van der Waals surface area contributed by atoms with Gasteiger partial charge in [0.25, 0.3) is 0 Å². The molecule has 1 aromatic carbocycles. The average molecular weight is 382 g/mol. The van der Waals surface area contributed by atoms with Gasteiger partial charge in [0.1, 0.15) is 0 Å². The molecule has 1 atom stereocenters. The zero-order chi connectivity index (χ0) is 19.5. The van der Waals surface area contributed by atoms with Crippen LogP contribution in [0.3, 0.4) is 0 Å². The predicted molar refractivity (Wildman–Crippen MR) is 106 cm³/mol. The van der Waals surface area contributed by atoms with Crippen molar-refractivity contribution in [3.63, 3.8) is 0 Å². The molecule has 8 heteroatoms. The Labute approximate surface area is 164 Å². The van der Waals surface area contributed by atoms with Gasteiger partial charge in [-0.05, 0) is 31.7 Å². The fraction of sp³-hybridized carbons (Fsp3) is 0.450. The lowest BCUT2D eigenvalue weighted by Gasteiger charge is -2.17. The molecule has 1 aliphatic carbocycles. The largest absolute Gasteiger partial charge is 0.335 e. The molecule has 1 saturated carbocycles. The number of rotatable bonds is 5. The molecule has 3 N–H and O–H groups in total. The van der Waals surface area contributed by atoms with E-state index in [1.54, 1.807) is 4.90 Å². The van der Waals surface area contributed by atoms with Crippen LogP contribution in [0.4, 0.5) is 15.4 Å². The highest BCUT2D eigenvalue weighted by Gasteiger charge is 2.29. The predicted octanol–water partition coefficient (Wildman–Crippen LogP) is 2.31. The minimum atomic E-state index is -0.184. The third-order valence-electron chi connectivity index (χ3n) is 5.11. The van der Waals surface area contributed by atoms with Crippen molar-refractivity contribution in [2.75, 3.05) is 18.4 Å². The fourth-order valence-electron chi connectivity index (χ4n) is 3.38. The molecule has 2 fully saturated rings. The van der Waals surface area contributed by atoms with Crippen molar-refractivity contribution in [1.82, 2.24) is 25.3 Å². The topological polar surface area (TPSA) is 91.3 Å². The van der Waals surface area contributed by atoms with E-state index in [-0.39, 0.29) is 18.1 Å². The van der Waals surface area contributed by atoms with Gasteiger partial charge in [0.05, 0.1) is 6.54 Å². The molecule has 0 radical (unpaired) electrons. The summed E-state index contributed by atoms with van der Waals surface area (Å²) >= 11 is 0. The maximum Gasteiger partial charge on any atom is 0.323 e. The van der Waals surface area contributed by atoms with E-state index in [4.69, 9.17) is 0 Å². The molecule has 0 spiro atoms. The third kappa shape index (κ3) is 4.62. The van der Waals surface area contributed by atoms with Crippen LogP contribution >= 0.6 is 0 Å². The molecule has 2 aromatic rings. The summed E-state index contributed by atoms with van der Waals surface area (Å²) in [5.41, 5.74) is 2.14. The summed E-state index contributed by atoms with van der Waals surface area (Å²) in [4.78, 5) is 26.1. The Morgan fingerprint density at radius 1 is 1.11 bits per heavy atom. The van der Waals surface area contributed by atoms with Gasteiger partial charge in [-0.2, -0.15) is 5.10 Å². The molecule has 1 unspecified atom stereocenters. The molecule has 0 bridgehead atoms. The Bertz CT molecular complexity index is 846. The molecular weight excluding hydrogens is 356 g/mol. The molecule has 1 aliphatic heterocycles. The van der Waals surface area contributed by atoms with Crippen molar-refractivity contribution in [2.45, 2.75) is 44.8 Å². The number of anilines is 1. The number of amides is 4. The molecule has 148 valence electrons. The van der Waals surface area contributed by atoms with E-state index in [1.807, 2.05) is 35.9 Å². The van der Waals surface area contributed by atoms with Crippen LogP contribution in [0.1, 0.15) is 30.5 Å². The van der Waals surface area contributed by atoms with Crippen molar-refractivity contribution in [3.05, 3.63) is 47.7 Å². The molecule has 1 aromatic heterocycles. The van der Waals surface area contributed by atoms with Gasteiger partial charge in [-0.3, -0.25) is 10.00 Å². The number of likely N-dealkylation sites (tertiary alicyclic amines) is 1. The number of nitrogens with zero attached hydrogens (tertiary/aromatic N) is 3. The van der Waals surface area contributed by atoms with E-state index in [1.165, 1.54) is 0 Å². The molecule has 8 nitrogen and oxygen atoms in total. The Kier molecular flexibility index (Phi) is 5.18. The maximum atomic E-state index is 12.5. The van der Waals surface area contributed by atoms with Gasteiger partial charge in [0.15, 0.2) is 5.82 Å². The van der Waals surface area contributed by atoms with Crippen LogP contribution in [-0.4, -0.2) is 51.9 Å². The first-order chi connectivity index (χ1) is 13.6. The van der Waals surface area contributed by atoms with Crippen molar-refractivity contribution < 1.29 is 9.59 Å². The van der Waals surface area contributed by atoms with Gasteiger partial charge in [-0.15, -0.1) is 0 Å². The maximum absolute atomic E-state index is 12.5. The summed E-state index contributed by atoms with van der Waals surface area (Å²) in [6.07, 6.45) is 2.87. The van der Waals surface area contributed by atoms with E-state index in [0.29, 0.717) is 31.5 Å². The van der Waals surface area contributed by atoms with E-state index in [9.17, 15) is 9.59 Å². The van der Waals surface area contributed by atoms with Gasteiger partial charge >= 0.3 is 12.1 Å². The number of hydrogen-bond acceptors (Lipinski definition) is 3. The molecule has 4 amide bonds. The number of carbonyl (C=O) groups excluding carboxylic acids is 2. The van der Waals surface area contributed by atoms with Crippen LogP contribution in [0.2, 0.25) is 0 Å². The number of aryl methyl sites for hydroxylation is 1. The second-order valence-electron chi connectivity index (χ2n) is 7.57. The minimum absolute atomic E-state index is 0.0122. The Morgan fingerprint density at radius 3 is 2.61 bits per heavy atom. The van der Waals surface area contributed by atoms with Gasteiger partial charge in [0.2, 0.25) is 0 Å². The smallest absolute Gasteiger partial charge is 0.323 e. The van der Waals surface area contributed by atoms with E-state index >= 15 is 0 Å². The Hall–Kier alpha value is -3.03. The molecular formula is C20H26N6O2. The first-order valence-corrected chi connectivity index (χ1v) is 9.78. The van der Waals surface area contributed by atoms with E-state index in [0.717, 1.165) is 30.5 Å². The highest BCUT2D eigenvalue weighted by atomic mass is 16.2. The lowest BCUT2D eigenvalue weighted by atomic mass is 10.2. The highest BCUT2D eigenvalue weighted by Crippen LogP contribution is 2.19. The highest BCUT2D eigenvalue weighted by molar-refractivity contribution is 5.88. The van der Waals surface area contributed by atoms with Crippen LogP contribution in [0, 0.1) is 6.92 Å². The summed E-state index contributed by atoms with van der Waals surface area (Å²) < 4.78 is 1.88. The van der Waals surface area contributed by atoms with Gasteiger partial charge < -0.3 is 15.5 Å². The molecule has 1 saturated heterocycles. The van der Waals surface area contributed by atoms with Crippen molar-refractivity contribution in [2.24, 2.45) is 0 Å². The molecule has 2 heterocycles. The molecule has 28 heavy (non-hydrogen) atoms. The second-order valence-corrected chi connectivity index (χ2v) is 7.57. The monoisotopic (exact) mass is 382 g/mol. The first-order valence-electron chi connectivity index (χ1n) is 9.78.